The average molecular weight is 463 g/mol. The van der Waals surface area contributed by atoms with Gasteiger partial charge in [0.05, 0.1) is 11.3 Å². The monoisotopic (exact) mass is 462 g/mol. The van der Waals surface area contributed by atoms with Crippen LogP contribution in [-0.2, 0) is 19.8 Å². The van der Waals surface area contributed by atoms with Gasteiger partial charge in [0.15, 0.2) is 0 Å². The van der Waals surface area contributed by atoms with E-state index >= 15 is 0 Å². The summed E-state index contributed by atoms with van der Waals surface area (Å²) >= 11 is 6.71. The molecule has 2 amide bonds. The quantitative estimate of drug-likeness (QED) is 0.306. The van der Waals surface area contributed by atoms with Crippen molar-refractivity contribution in [3.05, 3.63) is 40.3 Å². The summed E-state index contributed by atoms with van der Waals surface area (Å²) in [7, 11) is 0. The molecular weight excluding hydrogens is 432 g/mol. The number of hydrogen-bond donors (Lipinski definition) is 2. The van der Waals surface area contributed by atoms with Gasteiger partial charge in [-0.15, -0.1) is 0 Å². The summed E-state index contributed by atoms with van der Waals surface area (Å²) in [5, 5.41) is 11.1. The highest BCUT2D eigenvalue weighted by atomic mass is 32.2. The van der Waals surface area contributed by atoms with Crippen LogP contribution in [-0.4, -0.2) is 45.2 Å². The van der Waals surface area contributed by atoms with Gasteiger partial charge in [-0.3, -0.25) is 19.3 Å². The second kappa shape index (κ2) is 11.4. The molecule has 0 unspecified atom stereocenters. The van der Waals surface area contributed by atoms with Crippen LogP contribution in [0.5, 0.6) is 0 Å². The van der Waals surface area contributed by atoms with Crippen LogP contribution in [0.2, 0.25) is 0 Å². The Balaban J connectivity index is 1.78. The van der Waals surface area contributed by atoms with Crippen LogP contribution >= 0.6 is 24.0 Å². The Morgan fingerprint density at radius 2 is 1.81 bits per heavy atom. The molecule has 6 nitrogen and oxygen atoms in total. The van der Waals surface area contributed by atoms with Crippen molar-refractivity contribution in [2.24, 2.45) is 0 Å². The summed E-state index contributed by atoms with van der Waals surface area (Å²) in [6.45, 7) is 7.18. The van der Waals surface area contributed by atoms with Crippen LogP contribution < -0.4 is 5.32 Å². The molecule has 31 heavy (non-hydrogen) atoms. The van der Waals surface area contributed by atoms with Crippen LogP contribution in [0.4, 0.5) is 0 Å². The molecule has 2 N–H and O–H groups in total. The second-order valence-electron chi connectivity index (χ2n) is 8.51. The topological polar surface area (TPSA) is 86.7 Å². The third-order valence-electron chi connectivity index (χ3n) is 4.89. The summed E-state index contributed by atoms with van der Waals surface area (Å²) in [5.41, 5.74) is 2.30. The number of rotatable bonds is 10. The van der Waals surface area contributed by atoms with E-state index < -0.39 is 5.97 Å². The van der Waals surface area contributed by atoms with Gasteiger partial charge in [-0.2, -0.15) is 0 Å². The fourth-order valence-corrected chi connectivity index (χ4v) is 4.36. The van der Waals surface area contributed by atoms with Gasteiger partial charge in [0.25, 0.3) is 5.91 Å². The predicted octanol–water partition coefficient (Wildman–Crippen LogP) is 4.34. The van der Waals surface area contributed by atoms with Crippen LogP contribution in [0.15, 0.2) is 29.2 Å². The van der Waals surface area contributed by atoms with E-state index in [2.05, 4.69) is 38.2 Å². The number of amides is 2. The molecule has 0 aromatic heterocycles. The molecule has 0 atom stereocenters. The number of thiocarbonyl (C=S) groups is 1. The van der Waals surface area contributed by atoms with E-state index in [0.29, 0.717) is 28.6 Å². The molecule has 2 rings (SSSR count). The number of carbonyl (C=O) groups is 3. The number of hydrogen-bond acceptors (Lipinski definition) is 5. The molecule has 0 radical (unpaired) electrons. The van der Waals surface area contributed by atoms with Crippen LogP contribution in [0, 0.1) is 0 Å². The van der Waals surface area contributed by atoms with Crippen molar-refractivity contribution in [3.8, 4) is 0 Å². The molecule has 0 spiro atoms. The molecule has 1 saturated heterocycles. The average Bonchev–Trinajstić information content (AvgIpc) is 2.94. The van der Waals surface area contributed by atoms with Crippen molar-refractivity contribution in [2.75, 3.05) is 13.1 Å². The molecule has 1 aliphatic heterocycles. The standard InChI is InChI=1S/C23H30N2O4S2/c1-23(2,3)17-10-8-16(9-11-17)15-18-21(29)25(22(30)31-18)14-6-4-5-7-19(26)24-13-12-20(27)28/h8-11,15H,4-7,12-14H2,1-3H3,(H,24,26)(H,27,28)/b18-15-. The molecule has 0 bridgehead atoms. The minimum atomic E-state index is -0.931. The first-order chi connectivity index (χ1) is 14.6. The molecule has 1 aromatic carbocycles. The molecule has 0 aliphatic carbocycles. The number of thioether (sulfide) groups is 1. The fourth-order valence-electron chi connectivity index (χ4n) is 3.05. The number of carbonyl (C=O) groups excluding carboxylic acids is 2. The van der Waals surface area contributed by atoms with E-state index in [9.17, 15) is 14.4 Å². The maximum atomic E-state index is 12.7. The number of benzene rings is 1. The van der Waals surface area contributed by atoms with Gasteiger partial charge in [-0.1, -0.05) is 75.4 Å². The van der Waals surface area contributed by atoms with Gasteiger partial charge in [-0.05, 0) is 35.5 Å². The lowest BCUT2D eigenvalue weighted by Crippen LogP contribution is -2.29. The first kappa shape index (κ1) is 25.1. The molecule has 168 valence electrons. The number of aliphatic carboxylic acids is 1. The zero-order valence-corrected chi connectivity index (χ0v) is 19.9. The lowest BCUT2D eigenvalue weighted by molar-refractivity contribution is -0.137. The maximum Gasteiger partial charge on any atom is 0.305 e. The van der Waals surface area contributed by atoms with E-state index in [-0.39, 0.29) is 30.2 Å². The minimum Gasteiger partial charge on any atom is -0.481 e. The molecule has 1 aliphatic rings. The lowest BCUT2D eigenvalue weighted by Gasteiger charge is -2.18. The normalized spacial score (nSPS) is 15.6. The lowest BCUT2D eigenvalue weighted by atomic mass is 9.87. The van der Waals surface area contributed by atoms with E-state index in [4.69, 9.17) is 17.3 Å². The summed E-state index contributed by atoms with van der Waals surface area (Å²) in [4.78, 5) is 37.1. The van der Waals surface area contributed by atoms with Gasteiger partial charge in [0.1, 0.15) is 4.32 Å². The molecule has 1 fully saturated rings. The van der Waals surface area contributed by atoms with Crippen LogP contribution in [0.25, 0.3) is 6.08 Å². The SMILES string of the molecule is CC(C)(C)c1ccc(/C=C2\SC(=S)N(CCCCCC(=O)NCCC(=O)O)C2=O)cc1. The molecule has 1 aromatic rings. The Morgan fingerprint density at radius 1 is 1.13 bits per heavy atom. The Labute approximate surface area is 193 Å². The van der Waals surface area contributed by atoms with Crippen molar-refractivity contribution in [1.82, 2.24) is 10.2 Å². The number of carboxylic acids is 1. The highest BCUT2D eigenvalue weighted by molar-refractivity contribution is 8.26. The van der Waals surface area contributed by atoms with Gasteiger partial charge < -0.3 is 10.4 Å². The zero-order chi connectivity index (χ0) is 23.0. The molecule has 8 heteroatoms. The summed E-state index contributed by atoms with van der Waals surface area (Å²) in [6.07, 6.45) is 4.38. The largest absolute Gasteiger partial charge is 0.481 e. The van der Waals surface area contributed by atoms with E-state index in [1.54, 1.807) is 4.90 Å². The second-order valence-corrected chi connectivity index (χ2v) is 10.2. The first-order valence-electron chi connectivity index (χ1n) is 10.4. The highest BCUT2D eigenvalue weighted by Gasteiger charge is 2.31. The Morgan fingerprint density at radius 3 is 2.42 bits per heavy atom. The number of nitrogens with zero attached hydrogens (tertiary/aromatic N) is 1. The molecular formula is C23H30N2O4S2. The summed E-state index contributed by atoms with van der Waals surface area (Å²) in [6, 6.07) is 8.22. The molecule has 0 saturated carbocycles. The summed E-state index contributed by atoms with van der Waals surface area (Å²) < 4.78 is 0.564. The van der Waals surface area contributed by atoms with Gasteiger partial charge in [-0.25, -0.2) is 0 Å². The number of carboxylic acid groups (broad SMARTS) is 1. The number of unbranched alkanes of at least 4 members (excludes halogenated alkanes) is 2. The third-order valence-corrected chi connectivity index (χ3v) is 6.27. The molecule has 1 heterocycles. The zero-order valence-electron chi connectivity index (χ0n) is 18.3. The van der Waals surface area contributed by atoms with E-state index in [0.717, 1.165) is 18.4 Å². The Bertz CT molecular complexity index is 857. The van der Waals surface area contributed by atoms with Gasteiger partial charge in [0.2, 0.25) is 5.91 Å². The van der Waals surface area contributed by atoms with Crippen molar-refractivity contribution >= 4 is 52.2 Å². The van der Waals surface area contributed by atoms with Crippen molar-refractivity contribution in [2.45, 2.75) is 58.3 Å². The van der Waals surface area contributed by atoms with Crippen molar-refractivity contribution in [1.29, 1.82) is 0 Å². The first-order valence-corrected chi connectivity index (χ1v) is 11.6. The van der Waals surface area contributed by atoms with Crippen LogP contribution in [0.1, 0.15) is 64.0 Å². The predicted molar refractivity (Wildman–Crippen MR) is 129 cm³/mol. The van der Waals surface area contributed by atoms with Gasteiger partial charge >= 0.3 is 5.97 Å². The van der Waals surface area contributed by atoms with E-state index in [1.807, 2.05) is 18.2 Å². The smallest absolute Gasteiger partial charge is 0.305 e. The van der Waals surface area contributed by atoms with Crippen molar-refractivity contribution < 1.29 is 19.5 Å². The van der Waals surface area contributed by atoms with Gasteiger partial charge in [0, 0.05) is 19.5 Å². The Hall–Kier alpha value is -2.19. The number of nitrogens with one attached hydrogen (secondary N) is 1. The maximum absolute atomic E-state index is 12.7. The van der Waals surface area contributed by atoms with Crippen molar-refractivity contribution in [3.63, 3.8) is 0 Å². The van der Waals surface area contributed by atoms with Crippen LogP contribution in [0.3, 0.4) is 0 Å². The summed E-state index contributed by atoms with van der Waals surface area (Å²) in [5.74, 6) is -1.15. The minimum absolute atomic E-state index is 0.0682. The highest BCUT2D eigenvalue weighted by Crippen LogP contribution is 2.33. The third kappa shape index (κ3) is 8.10. The fraction of sp³-hybridized carbons (Fsp3) is 0.478. The Kier molecular flexibility index (Phi) is 9.25. The van der Waals surface area contributed by atoms with E-state index in [1.165, 1.54) is 17.3 Å².